The minimum Gasteiger partial charge on any atom is -0.317 e. The second-order valence-corrected chi connectivity index (χ2v) is 2.68. The Morgan fingerprint density at radius 1 is 0.889 bits per heavy atom. The molecule has 1 saturated heterocycles. The van der Waals surface area contributed by atoms with Crippen LogP contribution in [0.15, 0.2) is 0 Å². The zero-order chi connectivity index (χ0) is 6.36. The van der Waals surface area contributed by atoms with Crippen LogP contribution in [0.4, 0.5) is 0 Å². The molecule has 0 amide bonds. The van der Waals surface area contributed by atoms with E-state index in [-0.39, 0.29) is 0 Å². The summed E-state index contributed by atoms with van der Waals surface area (Å²) in [6, 6.07) is 0. The normalized spacial score (nSPS) is 24.0. The van der Waals surface area contributed by atoms with Gasteiger partial charge in [0.15, 0.2) is 0 Å². The van der Waals surface area contributed by atoms with Gasteiger partial charge in [0, 0.05) is 0 Å². The van der Waals surface area contributed by atoms with Crippen LogP contribution in [0.5, 0.6) is 0 Å². The smallest absolute Gasteiger partial charge is 0.00488 e. The number of hydrogen-bond acceptors (Lipinski definition) is 1. The molecule has 1 nitrogen and oxygen atoms in total. The van der Waals surface area contributed by atoms with Gasteiger partial charge in [-0.25, -0.2) is 0 Å². The van der Waals surface area contributed by atoms with Gasteiger partial charge >= 0.3 is 0 Å². The summed E-state index contributed by atoms with van der Waals surface area (Å²) in [5.41, 5.74) is 0. The molecule has 1 radical (unpaired) electrons. The van der Waals surface area contributed by atoms with Crippen molar-refractivity contribution in [3.05, 3.63) is 6.42 Å². The summed E-state index contributed by atoms with van der Waals surface area (Å²) in [6.07, 6.45) is 9.14. The largest absolute Gasteiger partial charge is 0.317 e. The van der Waals surface area contributed by atoms with Gasteiger partial charge < -0.3 is 5.32 Å². The lowest BCUT2D eigenvalue weighted by Crippen LogP contribution is -2.15. The van der Waals surface area contributed by atoms with Crippen molar-refractivity contribution in [1.29, 1.82) is 0 Å². The predicted molar refractivity (Wildman–Crippen MR) is 40.3 cm³/mol. The molecule has 0 unspecified atom stereocenters. The first-order valence-corrected chi connectivity index (χ1v) is 4.02. The highest BCUT2D eigenvalue weighted by Gasteiger charge is 1.94. The van der Waals surface area contributed by atoms with E-state index in [1.807, 2.05) is 0 Å². The molecule has 1 fully saturated rings. The zero-order valence-corrected chi connectivity index (χ0v) is 6.03. The molecule has 0 bridgehead atoms. The van der Waals surface area contributed by atoms with Crippen molar-refractivity contribution in [2.24, 2.45) is 0 Å². The Kier molecular flexibility index (Phi) is 3.77. The molecular weight excluding hydrogens is 110 g/mol. The maximum atomic E-state index is 3.41. The minimum atomic E-state index is 1.22. The highest BCUT2D eigenvalue weighted by molar-refractivity contribution is 4.67. The standard InChI is InChI=1S/C8H16N/c1-2-4-6-8-9-7-5-3-1/h1,9H,2-8H2. The van der Waals surface area contributed by atoms with E-state index in [4.69, 9.17) is 0 Å². The summed E-state index contributed by atoms with van der Waals surface area (Å²) in [6.45, 7) is 2.45. The molecule has 1 aliphatic rings. The quantitative estimate of drug-likeness (QED) is 0.521. The Morgan fingerprint density at radius 2 is 1.67 bits per heavy atom. The lowest BCUT2D eigenvalue weighted by atomic mass is 10.1. The van der Waals surface area contributed by atoms with Gasteiger partial charge in [-0.15, -0.1) is 0 Å². The van der Waals surface area contributed by atoms with Crippen LogP contribution < -0.4 is 5.32 Å². The van der Waals surface area contributed by atoms with Gasteiger partial charge in [0.2, 0.25) is 0 Å². The lowest BCUT2D eigenvalue weighted by Gasteiger charge is -1.98. The first-order chi connectivity index (χ1) is 4.50. The Labute approximate surface area is 57.8 Å². The summed E-state index contributed by atoms with van der Waals surface area (Å²) >= 11 is 0. The van der Waals surface area contributed by atoms with E-state index in [2.05, 4.69) is 11.7 Å². The van der Waals surface area contributed by atoms with Crippen LogP contribution in [0.3, 0.4) is 0 Å². The highest BCUT2D eigenvalue weighted by Crippen LogP contribution is 2.04. The van der Waals surface area contributed by atoms with Crippen molar-refractivity contribution in [3.8, 4) is 0 Å². The third-order valence-corrected chi connectivity index (χ3v) is 1.77. The van der Waals surface area contributed by atoms with Crippen LogP contribution in [0.25, 0.3) is 0 Å². The summed E-state index contributed by atoms with van der Waals surface area (Å²) in [7, 11) is 0. The van der Waals surface area contributed by atoms with Gasteiger partial charge in [0.25, 0.3) is 0 Å². The predicted octanol–water partition coefficient (Wildman–Crippen LogP) is 1.74. The summed E-state index contributed by atoms with van der Waals surface area (Å²) < 4.78 is 0. The number of rotatable bonds is 0. The summed E-state index contributed by atoms with van der Waals surface area (Å²) in [5, 5.41) is 3.41. The molecule has 1 heterocycles. The topological polar surface area (TPSA) is 12.0 Å². The summed E-state index contributed by atoms with van der Waals surface area (Å²) in [4.78, 5) is 0. The van der Waals surface area contributed by atoms with Crippen molar-refractivity contribution >= 4 is 0 Å². The van der Waals surface area contributed by atoms with Crippen LogP contribution in [-0.4, -0.2) is 13.1 Å². The monoisotopic (exact) mass is 126 g/mol. The van der Waals surface area contributed by atoms with E-state index in [1.165, 1.54) is 45.2 Å². The number of nitrogens with one attached hydrogen (secondary N) is 1. The van der Waals surface area contributed by atoms with E-state index < -0.39 is 0 Å². The van der Waals surface area contributed by atoms with Crippen molar-refractivity contribution in [1.82, 2.24) is 5.32 Å². The molecule has 0 atom stereocenters. The van der Waals surface area contributed by atoms with Gasteiger partial charge in [-0.3, -0.25) is 0 Å². The summed E-state index contributed by atoms with van der Waals surface area (Å²) in [5.74, 6) is 0. The van der Waals surface area contributed by atoms with Crippen molar-refractivity contribution in [2.75, 3.05) is 13.1 Å². The van der Waals surface area contributed by atoms with Crippen LogP contribution >= 0.6 is 0 Å². The Balaban J connectivity index is 2.02. The molecular formula is C8H16N. The molecule has 9 heavy (non-hydrogen) atoms. The Bertz CT molecular complexity index is 33.1. The molecule has 1 aliphatic heterocycles. The SMILES string of the molecule is [CH]1CCCCNCCC1. The third kappa shape index (κ3) is 3.52. The van der Waals surface area contributed by atoms with Crippen LogP contribution in [0, 0.1) is 6.42 Å². The lowest BCUT2D eigenvalue weighted by molar-refractivity contribution is 0.633. The average Bonchev–Trinajstić information content (AvgIpc) is 2.00. The van der Waals surface area contributed by atoms with E-state index >= 15 is 0 Å². The fraction of sp³-hybridized carbons (Fsp3) is 0.875. The first-order valence-electron chi connectivity index (χ1n) is 4.02. The van der Waals surface area contributed by atoms with Gasteiger partial charge in [0.1, 0.15) is 0 Å². The maximum Gasteiger partial charge on any atom is -0.00488 e. The average molecular weight is 126 g/mol. The van der Waals surface area contributed by atoms with Gasteiger partial charge in [0.05, 0.1) is 0 Å². The molecule has 0 saturated carbocycles. The van der Waals surface area contributed by atoms with Gasteiger partial charge in [-0.2, -0.15) is 0 Å². The molecule has 0 aromatic heterocycles. The van der Waals surface area contributed by atoms with E-state index in [1.54, 1.807) is 0 Å². The van der Waals surface area contributed by atoms with Gasteiger partial charge in [-0.1, -0.05) is 12.8 Å². The van der Waals surface area contributed by atoms with Crippen LogP contribution in [0.1, 0.15) is 32.1 Å². The zero-order valence-electron chi connectivity index (χ0n) is 6.03. The van der Waals surface area contributed by atoms with Crippen molar-refractivity contribution in [2.45, 2.75) is 32.1 Å². The minimum absolute atomic E-state index is 1.22. The fourth-order valence-corrected chi connectivity index (χ4v) is 1.18. The molecule has 0 aliphatic carbocycles. The van der Waals surface area contributed by atoms with Crippen LogP contribution in [-0.2, 0) is 0 Å². The molecule has 0 aromatic rings. The first kappa shape index (κ1) is 7.07. The second kappa shape index (κ2) is 4.80. The van der Waals surface area contributed by atoms with E-state index in [0.717, 1.165) is 0 Å². The molecule has 1 N–H and O–H groups in total. The second-order valence-electron chi connectivity index (χ2n) is 2.68. The maximum absolute atomic E-state index is 3.41. The van der Waals surface area contributed by atoms with Crippen LogP contribution in [0.2, 0.25) is 0 Å². The Hall–Kier alpha value is -0.0400. The third-order valence-electron chi connectivity index (χ3n) is 1.77. The van der Waals surface area contributed by atoms with Crippen molar-refractivity contribution < 1.29 is 0 Å². The fourth-order valence-electron chi connectivity index (χ4n) is 1.18. The van der Waals surface area contributed by atoms with Crippen molar-refractivity contribution in [3.63, 3.8) is 0 Å². The van der Waals surface area contributed by atoms with E-state index in [0.29, 0.717) is 0 Å². The molecule has 1 heteroatoms. The Morgan fingerprint density at radius 3 is 2.67 bits per heavy atom. The molecule has 53 valence electrons. The molecule has 1 rings (SSSR count). The molecule has 0 spiro atoms. The molecule has 0 aromatic carbocycles. The number of hydrogen-bond donors (Lipinski definition) is 1. The van der Waals surface area contributed by atoms with E-state index in [9.17, 15) is 0 Å². The van der Waals surface area contributed by atoms with Gasteiger partial charge in [-0.05, 0) is 38.8 Å². The highest BCUT2D eigenvalue weighted by atomic mass is 14.8.